The van der Waals surface area contributed by atoms with Gasteiger partial charge in [0.2, 0.25) is 0 Å². The van der Waals surface area contributed by atoms with Crippen LogP contribution in [0, 0.1) is 3.57 Å². The number of rotatable bonds is 2. The molecule has 0 saturated carbocycles. The minimum Gasteiger partial charge on any atom is -0.398 e. The summed E-state index contributed by atoms with van der Waals surface area (Å²) in [4.78, 5) is 15.9. The zero-order valence-electron chi connectivity index (χ0n) is 9.15. The number of carbonyl (C=O) groups excluding carboxylic acids is 1. The molecular weight excluding hydrogens is 365 g/mol. The van der Waals surface area contributed by atoms with Crippen LogP contribution in [0.4, 0.5) is 11.4 Å². The molecule has 0 aliphatic carbocycles. The molecule has 0 aliphatic heterocycles. The van der Waals surface area contributed by atoms with E-state index in [2.05, 4.69) is 32.9 Å². The Morgan fingerprint density at radius 3 is 2.83 bits per heavy atom. The van der Waals surface area contributed by atoms with Crippen LogP contribution in [0.2, 0.25) is 5.02 Å². The number of carbonyl (C=O) groups is 1. The van der Waals surface area contributed by atoms with Gasteiger partial charge in [0.05, 0.1) is 11.3 Å². The van der Waals surface area contributed by atoms with Crippen molar-refractivity contribution in [1.82, 2.24) is 4.98 Å². The Labute approximate surface area is 123 Å². The highest BCUT2D eigenvalue weighted by Crippen LogP contribution is 2.23. The number of halogens is 2. The highest BCUT2D eigenvalue weighted by atomic mass is 127. The summed E-state index contributed by atoms with van der Waals surface area (Å²) in [7, 11) is 0. The van der Waals surface area contributed by atoms with E-state index >= 15 is 0 Å². The number of nitrogens with zero attached hydrogens (tertiary/aromatic N) is 1. The quantitative estimate of drug-likeness (QED) is 0.795. The smallest absolute Gasteiger partial charge is 0.259 e. The van der Waals surface area contributed by atoms with Gasteiger partial charge < -0.3 is 11.1 Å². The SMILES string of the molecule is Nc1ccncc1C(=O)Nc1ccc(Cl)cc1I. The van der Waals surface area contributed by atoms with Gasteiger partial charge in [-0.25, -0.2) is 0 Å². The third kappa shape index (κ3) is 2.91. The zero-order chi connectivity index (χ0) is 13.1. The molecule has 6 heteroatoms. The van der Waals surface area contributed by atoms with Crippen LogP contribution >= 0.6 is 34.2 Å². The van der Waals surface area contributed by atoms with Crippen LogP contribution in [0.15, 0.2) is 36.7 Å². The van der Waals surface area contributed by atoms with Crippen LogP contribution in [0.5, 0.6) is 0 Å². The van der Waals surface area contributed by atoms with Gasteiger partial charge in [0.1, 0.15) is 0 Å². The molecule has 18 heavy (non-hydrogen) atoms. The second-order valence-corrected chi connectivity index (χ2v) is 5.14. The van der Waals surface area contributed by atoms with Crippen molar-refractivity contribution in [3.05, 3.63) is 50.8 Å². The largest absolute Gasteiger partial charge is 0.398 e. The Balaban J connectivity index is 2.24. The first kappa shape index (κ1) is 13.1. The van der Waals surface area contributed by atoms with E-state index in [4.69, 9.17) is 17.3 Å². The fourth-order valence-electron chi connectivity index (χ4n) is 1.38. The maximum absolute atomic E-state index is 12.0. The predicted molar refractivity (Wildman–Crippen MR) is 80.8 cm³/mol. The number of nitrogens with two attached hydrogens (primary N) is 1. The highest BCUT2D eigenvalue weighted by molar-refractivity contribution is 14.1. The molecule has 1 aromatic carbocycles. The number of anilines is 2. The van der Waals surface area contributed by atoms with Crippen molar-refractivity contribution in [1.29, 1.82) is 0 Å². The maximum atomic E-state index is 12.0. The number of hydrogen-bond acceptors (Lipinski definition) is 3. The third-order valence-electron chi connectivity index (χ3n) is 2.28. The van der Waals surface area contributed by atoms with Gasteiger partial charge in [0.25, 0.3) is 5.91 Å². The van der Waals surface area contributed by atoms with Crippen LogP contribution < -0.4 is 11.1 Å². The lowest BCUT2D eigenvalue weighted by Crippen LogP contribution is -2.15. The Morgan fingerprint density at radius 2 is 2.17 bits per heavy atom. The molecule has 0 radical (unpaired) electrons. The van der Waals surface area contributed by atoms with E-state index in [1.54, 1.807) is 24.3 Å². The summed E-state index contributed by atoms with van der Waals surface area (Å²) in [5.41, 5.74) is 7.15. The van der Waals surface area contributed by atoms with Crippen LogP contribution in [-0.2, 0) is 0 Å². The van der Waals surface area contributed by atoms with E-state index in [1.807, 2.05) is 0 Å². The molecular formula is C12H9ClIN3O. The van der Waals surface area contributed by atoms with E-state index in [9.17, 15) is 4.79 Å². The summed E-state index contributed by atoms with van der Waals surface area (Å²) in [6, 6.07) is 6.81. The van der Waals surface area contributed by atoms with Crippen LogP contribution in [0.3, 0.4) is 0 Å². The molecule has 0 bridgehead atoms. The highest BCUT2D eigenvalue weighted by Gasteiger charge is 2.11. The Hall–Kier alpha value is -1.34. The van der Waals surface area contributed by atoms with Crippen molar-refractivity contribution in [3.63, 3.8) is 0 Å². The second kappa shape index (κ2) is 5.53. The van der Waals surface area contributed by atoms with Crippen molar-refractivity contribution >= 4 is 51.5 Å². The maximum Gasteiger partial charge on any atom is 0.259 e. The summed E-state index contributed by atoms with van der Waals surface area (Å²) in [6.45, 7) is 0. The number of nitrogen functional groups attached to an aromatic ring is 1. The molecule has 0 fully saturated rings. The van der Waals surface area contributed by atoms with Crippen LogP contribution in [0.25, 0.3) is 0 Å². The summed E-state index contributed by atoms with van der Waals surface area (Å²) in [6.07, 6.45) is 2.98. The molecule has 3 N–H and O–H groups in total. The van der Waals surface area contributed by atoms with Gasteiger partial charge in [0.15, 0.2) is 0 Å². The van der Waals surface area contributed by atoms with E-state index in [0.717, 1.165) is 3.57 Å². The van der Waals surface area contributed by atoms with E-state index in [-0.39, 0.29) is 5.91 Å². The van der Waals surface area contributed by atoms with E-state index in [1.165, 1.54) is 12.4 Å². The summed E-state index contributed by atoms with van der Waals surface area (Å²) in [5.74, 6) is -0.291. The molecule has 0 aliphatic rings. The normalized spacial score (nSPS) is 10.1. The Kier molecular flexibility index (Phi) is 4.03. The second-order valence-electron chi connectivity index (χ2n) is 3.54. The van der Waals surface area contributed by atoms with Crippen molar-refractivity contribution in [2.45, 2.75) is 0 Å². The molecule has 1 amide bonds. The fraction of sp³-hybridized carbons (Fsp3) is 0. The summed E-state index contributed by atoms with van der Waals surface area (Å²) < 4.78 is 0.857. The lowest BCUT2D eigenvalue weighted by atomic mass is 10.2. The molecule has 2 aromatic rings. The van der Waals surface area contributed by atoms with Gasteiger partial charge in [-0.3, -0.25) is 9.78 Å². The molecule has 0 saturated heterocycles. The fourth-order valence-corrected chi connectivity index (χ4v) is 2.38. The first-order chi connectivity index (χ1) is 8.58. The van der Waals surface area contributed by atoms with Crippen molar-refractivity contribution in [3.8, 4) is 0 Å². The van der Waals surface area contributed by atoms with Gasteiger partial charge in [-0.2, -0.15) is 0 Å². The number of amides is 1. The molecule has 0 unspecified atom stereocenters. The van der Waals surface area contributed by atoms with Crippen LogP contribution in [-0.4, -0.2) is 10.9 Å². The Morgan fingerprint density at radius 1 is 1.39 bits per heavy atom. The predicted octanol–water partition coefficient (Wildman–Crippen LogP) is 3.17. The molecule has 0 atom stereocenters. The van der Waals surface area contributed by atoms with Gasteiger partial charge >= 0.3 is 0 Å². The number of hydrogen-bond donors (Lipinski definition) is 2. The number of pyridine rings is 1. The summed E-state index contributed by atoms with van der Waals surface area (Å²) in [5, 5.41) is 3.39. The van der Waals surface area contributed by atoms with Crippen molar-refractivity contribution < 1.29 is 4.79 Å². The molecule has 92 valence electrons. The topological polar surface area (TPSA) is 68.0 Å². The standard InChI is InChI=1S/C12H9ClIN3O/c13-7-1-2-11(9(14)5-7)17-12(18)8-6-16-4-3-10(8)15/h1-6H,(H2,15,16)(H,17,18). The van der Waals surface area contributed by atoms with E-state index in [0.29, 0.717) is 22.0 Å². The van der Waals surface area contributed by atoms with Crippen molar-refractivity contribution in [2.75, 3.05) is 11.1 Å². The number of nitrogens with one attached hydrogen (secondary N) is 1. The molecule has 4 nitrogen and oxygen atoms in total. The average molecular weight is 374 g/mol. The molecule has 1 aromatic heterocycles. The Bertz CT molecular complexity index is 604. The van der Waals surface area contributed by atoms with Gasteiger partial charge in [-0.05, 0) is 46.9 Å². The summed E-state index contributed by atoms with van der Waals surface area (Å²) >= 11 is 7.95. The van der Waals surface area contributed by atoms with Crippen LogP contribution in [0.1, 0.15) is 10.4 Å². The monoisotopic (exact) mass is 373 g/mol. The molecule has 0 spiro atoms. The van der Waals surface area contributed by atoms with Crippen molar-refractivity contribution in [2.24, 2.45) is 0 Å². The van der Waals surface area contributed by atoms with Gasteiger partial charge in [0, 0.05) is 26.7 Å². The minimum atomic E-state index is -0.291. The number of benzene rings is 1. The van der Waals surface area contributed by atoms with Gasteiger partial charge in [-0.15, -0.1) is 0 Å². The zero-order valence-corrected chi connectivity index (χ0v) is 12.1. The lowest BCUT2D eigenvalue weighted by Gasteiger charge is -2.08. The average Bonchev–Trinajstić information content (AvgIpc) is 2.33. The first-order valence-corrected chi connectivity index (χ1v) is 6.49. The molecule has 1 heterocycles. The molecule has 2 rings (SSSR count). The first-order valence-electron chi connectivity index (χ1n) is 5.04. The lowest BCUT2D eigenvalue weighted by molar-refractivity contribution is 0.102. The van der Waals surface area contributed by atoms with E-state index < -0.39 is 0 Å². The number of aromatic nitrogens is 1. The van der Waals surface area contributed by atoms with Gasteiger partial charge in [-0.1, -0.05) is 11.6 Å². The third-order valence-corrected chi connectivity index (χ3v) is 3.41. The minimum absolute atomic E-state index is 0.291.